The molecule has 2 heterocycles. The molecule has 1 saturated heterocycles. The van der Waals surface area contributed by atoms with Crippen molar-refractivity contribution < 1.29 is 9.90 Å². The van der Waals surface area contributed by atoms with Crippen LogP contribution in [0.25, 0.3) is 0 Å². The molecule has 0 bridgehead atoms. The lowest BCUT2D eigenvalue weighted by atomic mass is 10.0. The zero-order valence-electron chi connectivity index (χ0n) is 8.98. The minimum Gasteiger partial charge on any atom is -0.390 e. The fourth-order valence-electron chi connectivity index (χ4n) is 1.70. The van der Waals surface area contributed by atoms with Crippen LogP contribution in [-0.2, 0) is 0 Å². The minimum absolute atomic E-state index is 0. The molecule has 0 unspecified atom stereocenters. The number of β-amino-alcohol motifs (C(OH)–C–C–N with tert-alkyl or cyclic N) is 1. The molecule has 0 aromatic carbocycles. The Morgan fingerprint density at radius 2 is 2.41 bits per heavy atom. The predicted octanol–water partition coefficient (Wildman–Crippen LogP) is 1.28. The van der Waals surface area contributed by atoms with Gasteiger partial charge in [-0.25, -0.2) is 0 Å². The molecule has 1 aromatic rings. The molecule has 4 nitrogen and oxygen atoms in total. The molecule has 1 aliphatic rings. The third kappa shape index (κ3) is 3.56. The standard InChI is InChI=1S/C10H13ClN2O2S.ClH/c11-6-2-4-16-9(6)10(15)13-7-1-3-12-5-8(7)14;/h2,4,7-8,12,14H,1,3,5H2,(H,13,15);1H/t7-,8-;/m1./s1. The van der Waals surface area contributed by atoms with Gasteiger partial charge in [-0.05, 0) is 24.4 Å². The summed E-state index contributed by atoms with van der Waals surface area (Å²) in [6.45, 7) is 1.32. The molecule has 1 amide bonds. The van der Waals surface area contributed by atoms with Gasteiger partial charge in [0.2, 0.25) is 0 Å². The summed E-state index contributed by atoms with van der Waals surface area (Å²) in [6, 6.07) is 1.51. The average Bonchev–Trinajstić information content (AvgIpc) is 2.68. The third-order valence-corrected chi connectivity index (χ3v) is 3.93. The first kappa shape index (κ1) is 14.7. The highest BCUT2D eigenvalue weighted by atomic mass is 35.5. The predicted molar refractivity (Wildman–Crippen MR) is 71.3 cm³/mol. The number of hydrogen-bond acceptors (Lipinski definition) is 4. The summed E-state index contributed by atoms with van der Waals surface area (Å²) in [4.78, 5) is 12.3. The van der Waals surface area contributed by atoms with Crippen LogP contribution in [0.15, 0.2) is 11.4 Å². The molecule has 1 aromatic heterocycles. The molecule has 96 valence electrons. The quantitative estimate of drug-likeness (QED) is 0.770. The molecular formula is C10H14Cl2N2O2S. The first-order valence-corrected chi connectivity index (χ1v) is 6.37. The molecule has 0 radical (unpaired) electrons. The number of carbonyl (C=O) groups is 1. The number of rotatable bonds is 2. The second-order valence-electron chi connectivity index (χ2n) is 3.74. The SMILES string of the molecule is Cl.O=C(N[C@@H]1CCNC[C@H]1O)c1sccc1Cl. The maximum absolute atomic E-state index is 11.8. The summed E-state index contributed by atoms with van der Waals surface area (Å²) in [5.41, 5.74) is 0. The van der Waals surface area contributed by atoms with E-state index in [1.54, 1.807) is 11.4 Å². The van der Waals surface area contributed by atoms with Gasteiger partial charge in [-0.15, -0.1) is 23.7 Å². The molecule has 0 aliphatic carbocycles. The summed E-state index contributed by atoms with van der Waals surface area (Å²) in [7, 11) is 0. The molecule has 17 heavy (non-hydrogen) atoms. The second-order valence-corrected chi connectivity index (χ2v) is 5.06. The van der Waals surface area contributed by atoms with Crippen LogP contribution in [0, 0.1) is 0 Å². The Morgan fingerprint density at radius 3 is 3.00 bits per heavy atom. The van der Waals surface area contributed by atoms with Crippen LogP contribution in [0.3, 0.4) is 0 Å². The molecule has 3 N–H and O–H groups in total. The van der Waals surface area contributed by atoms with Gasteiger partial charge < -0.3 is 15.7 Å². The van der Waals surface area contributed by atoms with E-state index in [0.717, 1.165) is 13.0 Å². The largest absolute Gasteiger partial charge is 0.390 e. The van der Waals surface area contributed by atoms with Crippen LogP contribution in [0.4, 0.5) is 0 Å². The highest BCUT2D eigenvalue weighted by molar-refractivity contribution is 7.12. The summed E-state index contributed by atoms with van der Waals surface area (Å²) >= 11 is 7.17. The van der Waals surface area contributed by atoms with Gasteiger partial charge in [0, 0.05) is 6.54 Å². The van der Waals surface area contributed by atoms with Crippen LogP contribution in [0.2, 0.25) is 5.02 Å². The molecule has 2 atom stereocenters. The molecule has 1 fully saturated rings. The van der Waals surface area contributed by atoms with Crippen LogP contribution < -0.4 is 10.6 Å². The number of aliphatic hydroxyl groups excluding tert-OH is 1. The molecule has 0 saturated carbocycles. The van der Waals surface area contributed by atoms with Crippen molar-refractivity contribution >= 4 is 41.3 Å². The van der Waals surface area contributed by atoms with Gasteiger partial charge in [0.25, 0.3) is 5.91 Å². The Labute approximate surface area is 115 Å². The summed E-state index contributed by atoms with van der Waals surface area (Å²) in [5, 5.41) is 17.8. The van der Waals surface area contributed by atoms with E-state index in [4.69, 9.17) is 11.6 Å². The zero-order chi connectivity index (χ0) is 11.5. The molecule has 7 heteroatoms. The lowest BCUT2D eigenvalue weighted by Crippen LogP contribution is -2.52. The Morgan fingerprint density at radius 1 is 1.65 bits per heavy atom. The van der Waals surface area contributed by atoms with Gasteiger partial charge in [0.05, 0.1) is 17.2 Å². The van der Waals surface area contributed by atoms with E-state index >= 15 is 0 Å². The highest BCUT2D eigenvalue weighted by Gasteiger charge is 2.25. The number of hydrogen-bond donors (Lipinski definition) is 3. The molecular weight excluding hydrogens is 283 g/mol. The fraction of sp³-hybridized carbons (Fsp3) is 0.500. The zero-order valence-corrected chi connectivity index (χ0v) is 11.4. The smallest absolute Gasteiger partial charge is 0.263 e. The monoisotopic (exact) mass is 296 g/mol. The van der Waals surface area contributed by atoms with Crippen molar-refractivity contribution in [1.29, 1.82) is 0 Å². The van der Waals surface area contributed by atoms with E-state index in [1.165, 1.54) is 11.3 Å². The Bertz CT molecular complexity index is 386. The second kappa shape index (κ2) is 6.56. The van der Waals surface area contributed by atoms with E-state index in [2.05, 4.69) is 10.6 Å². The van der Waals surface area contributed by atoms with Gasteiger partial charge in [-0.3, -0.25) is 4.79 Å². The van der Waals surface area contributed by atoms with Gasteiger partial charge in [0.15, 0.2) is 0 Å². The van der Waals surface area contributed by atoms with Crippen molar-refractivity contribution in [3.63, 3.8) is 0 Å². The van der Waals surface area contributed by atoms with Crippen LogP contribution >= 0.6 is 35.3 Å². The fourth-order valence-corrected chi connectivity index (χ4v) is 2.74. The number of carbonyl (C=O) groups excluding carboxylic acids is 1. The van der Waals surface area contributed by atoms with Crippen molar-refractivity contribution in [2.45, 2.75) is 18.6 Å². The van der Waals surface area contributed by atoms with Gasteiger partial charge in [-0.1, -0.05) is 11.6 Å². The first-order valence-electron chi connectivity index (χ1n) is 5.11. The number of aliphatic hydroxyl groups is 1. The van der Waals surface area contributed by atoms with Crippen molar-refractivity contribution in [3.8, 4) is 0 Å². The van der Waals surface area contributed by atoms with Crippen molar-refractivity contribution in [1.82, 2.24) is 10.6 Å². The van der Waals surface area contributed by atoms with E-state index in [-0.39, 0.29) is 24.4 Å². The van der Waals surface area contributed by atoms with Gasteiger partial charge >= 0.3 is 0 Å². The van der Waals surface area contributed by atoms with E-state index in [0.29, 0.717) is 16.4 Å². The van der Waals surface area contributed by atoms with Gasteiger partial charge in [-0.2, -0.15) is 0 Å². The van der Waals surface area contributed by atoms with Gasteiger partial charge in [0.1, 0.15) is 4.88 Å². The lowest BCUT2D eigenvalue weighted by molar-refractivity contribution is 0.0768. The topological polar surface area (TPSA) is 61.4 Å². The number of piperidine rings is 1. The summed E-state index contributed by atoms with van der Waals surface area (Å²) in [5.74, 6) is -0.203. The maximum atomic E-state index is 11.8. The highest BCUT2D eigenvalue weighted by Crippen LogP contribution is 2.22. The Hall–Kier alpha value is -0.330. The Kier molecular flexibility index (Phi) is 5.69. The van der Waals surface area contributed by atoms with Crippen LogP contribution in [0.1, 0.15) is 16.1 Å². The first-order chi connectivity index (χ1) is 7.68. The van der Waals surface area contributed by atoms with Crippen LogP contribution in [0.5, 0.6) is 0 Å². The normalized spacial score (nSPS) is 23.9. The van der Waals surface area contributed by atoms with E-state index < -0.39 is 6.10 Å². The van der Waals surface area contributed by atoms with Crippen molar-refractivity contribution in [3.05, 3.63) is 21.3 Å². The summed E-state index contributed by atoms with van der Waals surface area (Å²) in [6.07, 6.45) is 0.201. The number of amides is 1. The average molecular weight is 297 g/mol. The summed E-state index contributed by atoms with van der Waals surface area (Å²) < 4.78 is 0. The number of nitrogens with one attached hydrogen (secondary N) is 2. The van der Waals surface area contributed by atoms with Crippen LogP contribution in [-0.4, -0.2) is 36.2 Å². The van der Waals surface area contributed by atoms with E-state index in [9.17, 15) is 9.90 Å². The molecule has 1 aliphatic heterocycles. The lowest BCUT2D eigenvalue weighted by Gasteiger charge is -2.28. The Balaban J connectivity index is 0.00000144. The maximum Gasteiger partial charge on any atom is 0.263 e. The molecule has 0 spiro atoms. The molecule has 2 rings (SSSR count). The number of halogens is 2. The van der Waals surface area contributed by atoms with E-state index in [1.807, 2.05) is 0 Å². The third-order valence-electron chi connectivity index (χ3n) is 2.59. The van der Waals surface area contributed by atoms with Crippen molar-refractivity contribution in [2.24, 2.45) is 0 Å². The van der Waals surface area contributed by atoms with Crippen molar-refractivity contribution in [2.75, 3.05) is 13.1 Å². The number of thiophene rings is 1. The minimum atomic E-state index is -0.531.